The SMILES string of the molecule is Cc1ccc(SCCC(=O)N(Cc2cccc(Cl)c2)[C@@H](Cc2ccccc2)C(=O)NC(C)(C)C)cc1. The molecule has 0 bridgehead atoms. The number of thioether (sulfide) groups is 1. The number of nitrogens with zero attached hydrogens (tertiary/aromatic N) is 1. The standard InChI is InChI=1S/C30H35ClN2O2S/c1-22-13-15-26(16-14-22)36-18-17-28(34)33(21-24-11-8-12-25(31)19-24)27(29(35)32-30(2,3)4)20-23-9-6-5-7-10-23/h5-16,19,27H,17-18,20-21H2,1-4H3,(H,32,35)/t27-/m0/s1. The van der Waals surface area contributed by atoms with Crippen LogP contribution in [0.5, 0.6) is 0 Å². The van der Waals surface area contributed by atoms with E-state index < -0.39 is 11.6 Å². The third-order valence-corrected chi connectivity index (χ3v) is 6.87. The molecule has 0 saturated carbocycles. The zero-order valence-corrected chi connectivity index (χ0v) is 23.0. The van der Waals surface area contributed by atoms with Crippen LogP contribution in [0.2, 0.25) is 5.02 Å². The fourth-order valence-corrected chi connectivity index (χ4v) is 4.93. The minimum Gasteiger partial charge on any atom is -0.350 e. The number of hydrogen-bond acceptors (Lipinski definition) is 3. The lowest BCUT2D eigenvalue weighted by atomic mass is 10.0. The van der Waals surface area contributed by atoms with Gasteiger partial charge in [-0.1, -0.05) is 71.8 Å². The Morgan fingerprint density at radius 1 is 0.944 bits per heavy atom. The Morgan fingerprint density at radius 3 is 2.25 bits per heavy atom. The zero-order valence-electron chi connectivity index (χ0n) is 21.5. The maximum atomic E-state index is 13.7. The molecule has 0 aliphatic rings. The van der Waals surface area contributed by atoms with E-state index in [1.54, 1.807) is 16.7 Å². The van der Waals surface area contributed by atoms with Crippen LogP contribution >= 0.6 is 23.4 Å². The van der Waals surface area contributed by atoms with Crippen LogP contribution in [0.15, 0.2) is 83.8 Å². The summed E-state index contributed by atoms with van der Waals surface area (Å²) in [5.41, 5.74) is 2.68. The number of aryl methyl sites for hydroxylation is 1. The van der Waals surface area contributed by atoms with Gasteiger partial charge in [-0.3, -0.25) is 9.59 Å². The van der Waals surface area contributed by atoms with E-state index in [0.717, 1.165) is 16.0 Å². The van der Waals surface area contributed by atoms with Gasteiger partial charge in [-0.05, 0) is 63.1 Å². The van der Waals surface area contributed by atoms with E-state index >= 15 is 0 Å². The summed E-state index contributed by atoms with van der Waals surface area (Å²) in [5.74, 6) is 0.417. The number of nitrogens with one attached hydrogen (secondary N) is 1. The second kappa shape index (κ2) is 13.0. The van der Waals surface area contributed by atoms with E-state index in [-0.39, 0.29) is 11.8 Å². The van der Waals surface area contributed by atoms with E-state index in [1.807, 2.05) is 75.4 Å². The van der Waals surface area contributed by atoms with Gasteiger partial charge >= 0.3 is 0 Å². The molecular weight excluding hydrogens is 488 g/mol. The number of amides is 2. The average molecular weight is 523 g/mol. The van der Waals surface area contributed by atoms with Gasteiger partial charge in [0, 0.05) is 40.6 Å². The highest BCUT2D eigenvalue weighted by molar-refractivity contribution is 7.99. The second-order valence-electron chi connectivity index (χ2n) is 10.0. The lowest BCUT2D eigenvalue weighted by molar-refractivity contribution is -0.141. The molecule has 0 radical (unpaired) electrons. The van der Waals surface area contributed by atoms with Gasteiger partial charge in [-0.15, -0.1) is 11.8 Å². The van der Waals surface area contributed by atoms with Crippen molar-refractivity contribution in [2.24, 2.45) is 0 Å². The predicted octanol–water partition coefficient (Wildman–Crippen LogP) is 6.69. The van der Waals surface area contributed by atoms with E-state index in [9.17, 15) is 9.59 Å². The number of carbonyl (C=O) groups is 2. The van der Waals surface area contributed by atoms with Crippen molar-refractivity contribution in [1.82, 2.24) is 10.2 Å². The van der Waals surface area contributed by atoms with Crippen LogP contribution < -0.4 is 5.32 Å². The van der Waals surface area contributed by atoms with E-state index in [1.165, 1.54) is 5.56 Å². The van der Waals surface area contributed by atoms with Crippen LogP contribution in [0.3, 0.4) is 0 Å². The first-order valence-electron chi connectivity index (χ1n) is 12.2. The highest BCUT2D eigenvalue weighted by Crippen LogP contribution is 2.22. The average Bonchev–Trinajstić information content (AvgIpc) is 2.82. The molecule has 0 aliphatic carbocycles. The fourth-order valence-electron chi connectivity index (χ4n) is 3.87. The molecule has 3 aromatic carbocycles. The summed E-state index contributed by atoms with van der Waals surface area (Å²) in [6.45, 7) is 8.22. The van der Waals surface area contributed by atoms with Crippen LogP contribution in [-0.4, -0.2) is 34.0 Å². The highest BCUT2D eigenvalue weighted by Gasteiger charge is 2.32. The van der Waals surface area contributed by atoms with Crippen molar-refractivity contribution in [1.29, 1.82) is 0 Å². The van der Waals surface area contributed by atoms with Gasteiger partial charge in [0.2, 0.25) is 11.8 Å². The van der Waals surface area contributed by atoms with Crippen LogP contribution in [0.4, 0.5) is 0 Å². The van der Waals surface area contributed by atoms with Crippen LogP contribution in [0.25, 0.3) is 0 Å². The monoisotopic (exact) mass is 522 g/mol. The van der Waals surface area contributed by atoms with E-state index in [4.69, 9.17) is 11.6 Å². The molecule has 4 nitrogen and oxygen atoms in total. The third kappa shape index (κ3) is 9.03. The first-order valence-corrected chi connectivity index (χ1v) is 13.6. The molecule has 0 aliphatic heterocycles. The maximum Gasteiger partial charge on any atom is 0.243 e. The van der Waals surface area contributed by atoms with Crippen molar-refractivity contribution in [2.45, 2.75) is 63.6 Å². The molecule has 0 heterocycles. The van der Waals surface area contributed by atoms with Crippen molar-refractivity contribution < 1.29 is 9.59 Å². The van der Waals surface area contributed by atoms with Crippen molar-refractivity contribution in [3.63, 3.8) is 0 Å². The number of halogens is 1. The molecule has 190 valence electrons. The van der Waals surface area contributed by atoms with Gasteiger partial charge in [-0.2, -0.15) is 0 Å². The van der Waals surface area contributed by atoms with Crippen molar-refractivity contribution in [2.75, 3.05) is 5.75 Å². The van der Waals surface area contributed by atoms with Gasteiger partial charge in [0.25, 0.3) is 0 Å². The quantitative estimate of drug-likeness (QED) is 0.302. The summed E-state index contributed by atoms with van der Waals surface area (Å²) in [6, 6.07) is 24.9. The van der Waals surface area contributed by atoms with Crippen LogP contribution in [0, 0.1) is 6.92 Å². The Hall–Kier alpha value is -2.76. The van der Waals surface area contributed by atoms with Gasteiger partial charge in [-0.25, -0.2) is 0 Å². The molecule has 1 N–H and O–H groups in total. The largest absolute Gasteiger partial charge is 0.350 e. The molecule has 6 heteroatoms. The number of rotatable bonds is 10. The summed E-state index contributed by atoms with van der Waals surface area (Å²) < 4.78 is 0. The molecule has 36 heavy (non-hydrogen) atoms. The lowest BCUT2D eigenvalue weighted by Gasteiger charge is -2.34. The fraction of sp³-hybridized carbons (Fsp3) is 0.333. The highest BCUT2D eigenvalue weighted by atomic mass is 35.5. The first kappa shape index (κ1) is 27.8. The number of hydrogen-bond donors (Lipinski definition) is 1. The van der Waals surface area contributed by atoms with Gasteiger partial charge in [0.05, 0.1) is 0 Å². The minimum atomic E-state index is -0.650. The number of carbonyl (C=O) groups excluding carboxylic acids is 2. The summed E-state index contributed by atoms with van der Waals surface area (Å²) in [6.07, 6.45) is 0.757. The van der Waals surface area contributed by atoms with Crippen LogP contribution in [0.1, 0.15) is 43.9 Å². The molecule has 0 aromatic heterocycles. The topological polar surface area (TPSA) is 49.4 Å². The molecular formula is C30H35ClN2O2S. The zero-order chi connectivity index (χ0) is 26.1. The molecule has 2 amide bonds. The molecule has 0 fully saturated rings. The Bertz CT molecular complexity index is 1140. The van der Waals surface area contributed by atoms with E-state index in [0.29, 0.717) is 30.2 Å². The van der Waals surface area contributed by atoms with Crippen molar-refractivity contribution in [3.05, 3.63) is 101 Å². The Morgan fingerprint density at radius 2 is 1.61 bits per heavy atom. The summed E-state index contributed by atoms with van der Waals surface area (Å²) in [7, 11) is 0. The number of benzene rings is 3. The molecule has 3 rings (SSSR count). The minimum absolute atomic E-state index is 0.0559. The Kier molecular flexibility index (Phi) is 10.0. The predicted molar refractivity (Wildman–Crippen MR) is 150 cm³/mol. The normalized spacial score (nSPS) is 12.1. The van der Waals surface area contributed by atoms with Crippen molar-refractivity contribution >= 4 is 35.2 Å². The second-order valence-corrected chi connectivity index (χ2v) is 11.6. The van der Waals surface area contributed by atoms with Gasteiger partial charge in [0.15, 0.2) is 0 Å². The Balaban J connectivity index is 1.86. The smallest absolute Gasteiger partial charge is 0.243 e. The summed E-state index contributed by atoms with van der Waals surface area (Å²) >= 11 is 7.89. The van der Waals surface area contributed by atoms with Crippen LogP contribution in [-0.2, 0) is 22.6 Å². The molecule has 0 unspecified atom stereocenters. The molecule has 1 atom stereocenters. The van der Waals surface area contributed by atoms with Crippen molar-refractivity contribution in [3.8, 4) is 0 Å². The van der Waals surface area contributed by atoms with E-state index in [2.05, 4.69) is 36.5 Å². The maximum absolute atomic E-state index is 13.7. The molecule has 0 saturated heterocycles. The summed E-state index contributed by atoms with van der Waals surface area (Å²) in [5, 5.41) is 3.70. The third-order valence-electron chi connectivity index (χ3n) is 5.62. The van der Waals surface area contributed by atoms with Gasteiger partial charge < -0.3 is 10.2 Å². The molecule has 3 aromatic rings. The lowest BCUT2D eigenvalue weighted by Crippen LogP contribution is -2.54. The van der Waals surface area contributed by atoms with Gasteiger partial charge in [0.1, 0.15) is 6.04 Å². The summed E-state index contributed by atoms with van der Waals surface area (Å²) in [4.78, 5) is 30.1. The first-order chi connectivity index (χ1) is 17.1. The molecule has 0 spiro atoms. The Labute approximate surface area is 224 Å².